The van der Waals surface area contributed by atoms with Gasteiger partial charge < -0.3 is 9.84 Å². The molecule has 2 aromatic rings. The average Bonchev–Trinajstić information content (AvgIpc) is 2.89. The van der Waals surface area contributed by atoms with Crippen molar-refractivity contribution in [1.29, 1.82) is 0 Å². The summed E-state index contributed by atoms with van der Waals surface area (Å²) in [5.41, 5.74) is -1.91. The minimum atomic E-state index is -4.71. The molecule has 1 aliphatic heterocycles. The molecule has 3 rings (SSSR count). The lowest BCUT2D eigenvalue weighted by atomic mass is 10.1. The lowest BCUT2D eigenvalue weighted by Crippen LogP contribution is -2.27. The van der Waals surface area contributed by atoms with Crippen LogP contribution in [0.3, 0.4) is 0 Å². The maximum atomic E-state index is 14.3. The summed E-state index contributed by atoms with van der Waals surface area (Å²) < 4.78 is 58.0. The zero-order valence-corrected chi connectivity index (χ0v) is 13.2. The predicted octanol–water partition coefficient (Wildman–Crippen LogP) is 2.15. The summed E-state index contributed by atoms with van der Waals surface area (Å²) in [6, 6.07) is 1.25. The van der Waals surface area contributed by atoms with Crippen LogP contribution in [-0.2, 0) is 13.0 Å². The third-order valence-corrected chi connectivity index (χ3v) is 3.87. The Bertz CT molecular complexity index is 917. The molecule has 0 spiro atoms. The number of aromatic carboxylic acids is 1. The molecule has 0 bridgehead atoms. The van der Waals surface area contributed by atoms with Gasteiger partial charge in [-0.2, -0.15) is 17.9 Å². The van der Waals surface area contributed by atoms with Crippen molar-refractivity contribution in [1.82, 2.24) is 14.3 Å². The minimum Gasteiger partial charge on any atom is -0.483 e. The molecule has 0 atom stereocenters. The summed E-state index contributed by atoms with van der Waals surface area (Å²) >= 11 is 0. The molecule has 0 aliphatic carbocycles. The maximum absolute atomic E-state index is 14.3. The number of fused-ring (bicyclic) bond motifs is 1. The zero-order chi connectivity index (χ0) is 19.1. The van der Waals surface area contributed by atoms with Crippen LogP contribution in [0, 0.1) is 5.82 Å². The molecular weight excluding hydrogens is 362 g/mol. The average molecular weight is 375 g/mol. The van der Waals surface area contributed by atoms with Gasteiger partial charge in [0.15, 0.2) is 6.61 Å². The molecule has 0 saturated carbocycles. The number of hydrogen-bond acceptors (Lipinski definition) is 4. The number of alkyl halides is 3. The topological polar surface area (TPSA) is 86.4 Å². The number of rotatable bonds is 4. The highest BCUT2D eigenvalue weighted by atomic mass is 19.4. The van der Waals surface area contributed by atoms with Crippen molar-refractivity contribution in [3.63, 3.8) is 0 Å². The fourth-order valence-electron chi connectivity index (χ4n) is 2.71. The van der Waals surface area contributed by atoms with E-state index in [1.54, 1.807) is 0 Å². The van der Waals surface area contributed by atoms with Crippen molar-refractivity contribution in [2.45, 2.75) is 32.0 Å². The van der Waals surface area contributed by atoms with Gasteiger partial charge in [-0.15, -0.1) is 5.10 Å². The van der Waals surface area contributed by atoms with E-state index >= 15 is 0 Å². The van der Waals surface area contributed by atoms with Gasteiger partial charge in [0.2, 0.25) is 0 Å². The van der Waals surface area contributed by atoms with Crippen LogP contribution in [0.25, 0.3) is 5.69 Å². The fraction of sp³-hybridized carbons (Fsp3) is 0.400. The van der Waals surface area contributed by atoms with Gasteiger partial charge in [0.25, 0.3) is 0 Å². The van der Waals surface area contributed by atoms with E-state index in [0.29, 0.717) is 29.5 Å². The quantitative estimate of drug-likeness (QED) is 0.828. The van der Waals surface area contributed by atoms with Crippen LogP contribution in [0.15, 0.2) is 16.9 Å². The van der Waals surface area contributed by atoms with Gasteiger partial charge in [0, 0.05) is 19.0 Å². The van der Waals surface area contributed by atoms with Crippen LogP contribution < -0.4 is 10.4 Å². The monoisotopic (exact) mass is 375 g/mol. The van der Waals surface area contributed by atoms with E-state index in [2.05, 4.69) is 9.84 Å². The summed E-state index contributed by atoms with van der Waals surface area (Å²) in [4.78, 5) is 23.5. The molecule has 0 saturated heterocycles. The van der Waals surface area contributed by atoms with Crippen molar-refractivity contribution in [2.24, 2.45) is 0 Å². The molecule has 0 radical (unpaired) electrons. The molecular formula is C15H13F4N3O4. The first-order valence-electron chi connectivity index (χ1n) is 7.63. The first-order valence-corrected chi connectivity index (χ1v) is 7.63. The highest BCUT2D eigenvalue weighted by molar-refractivity contribution is 5.91. The van der Waals surface area contributed by atoms with E-state index in [0.717, 1.165) is 18.9 Å². The molecule has 0 fully saturated rings. The SMILES string of the molecule is O=C(O)c1cc(F)c(-n2nc3n(c2=O)CCCC3)cc1OCC(F)(F)F. The highest BCUT2D eigenvalue weighted by Crippen LogP contribution is 2.27. The molecule has 2 heterocycles. The standard InChI is InChI=1S/C15H13F4N3O4/c16-9-5-8(13(23)24)11(26-7-15(17,18)19)6-10(9)22-14(25)21-4-2-1-3-12(21)20-22/h5-6H,1-4,7H2,(H,23,24). The Morgan fingerprint density at radius 1 is 1.31 bits per heavy atom. The first-order chi connectivity index (χ1) is 12.2. The van der Waals surface area contributed by atoms with E-state index in [1.807, 2.05) is 0 Å². The molecule has 0 amide bonds. The van der Waals surface area contributed by atoms with Crippen LogP contribution in [-0.4, -0.2) is 38.2 Å². The first kappa shape index (κ1) is 18.0. The van der Waals surface area contributed by atoms with Crippen LogP contribution in [0.5, 0.6) is 5.75 Å². The van der Waals surface area contributed by atoms with E-state index < -0.39 is 47.3 Å². The second kappa shape index (κ2) is 6.46. The van der Waals surface area contributed by atoms with Crippen molar-refractivity contribution in [2.75, 3.05) is 6.61 Å². The molecule has 1 aromatic heterocycles. The van der Waals surface area contributed by atoms with Crippen molar-refractivity contribution >= 4 is 5.97 Å². The minimum absolute atomic E-state index is 0.403. The number of carboxylic acids is 1. The van der Waals surface area contributed by atoms with E-state index in [4.69, 9.17) is 5.11 Å². The summed E-state index contributed by atoms with van der Waals surface area (Å²) in [5, 5.41) is 13.1. The Balaban J connectivity index is 2.09. The molecule has 7 nitrogen and oxygen atoms in total. The van der Waals surface area contributed by atoms with Crippen molar-refractivity contribution in [3.8, 4) is 11.4 Å². The van der Waals surface area contributed by atoms with Crippen LogP contribution in [0.4, 0.5) is 17.6 Å². The maximum Gasteiger partial charge on any atom is 0.422 e. The van der Waals surface area contributed by atoms with E-state index in [9.17, 15) is 27.2 Å². The summed E-state index contributed by atoms with van der Waals surface area (Å²) in [6.45, 7) is -1.35. The molecule has 0 unspecified atom stereocenters. The number of ether oxygens (including phenoxy) is 1. The summed E-state index contributed by atoms with van der Waals surface area (Å²) in [5.74, 6) is -3.05. The third-order valence-electron chi connectivity index (χ3n) is 3.87. The number of benzene rings is 1. The molecule has 1 aliphatic rings. The number of halogens is 4. The van der Waals surface area contributed by atoms with Crippen LogP contribution >= 0.6 is 0 Å². The largest absolute Gasteiger partial charge is 0.483 e. The zero-order valence-electron chi connectivity index (χ0n) is 13.2. The second-order valence-electron chi connectivity index (χ2n) is 5.73. The molecule has 11 heteroatoms. The molecule has 1 N–H and O–H groups in total. The van der Waals surface area contributed by atoms with Gasteiger partial charge in [-0.1, -0.05) is 0 Å². The number of aryl methyl sites for hydroxylation is 1. The Kier molecular flexibility index (Phi) is 4.46. The van der Waals surface area contributed by atoms with Gasteiger partial charge in [-0.3, -0.25) is 4.57 Å². The highest BCUT2D eigenvalue weighted by Gasteiger charge is 2.30. The van der Waals surface area contributed by atoms with E-state index in [-0.39, 0.29) is 0 Å². The fourth-order valence-corrected chi connectivity index (χ4v) is 2.71. The van der Waals surface area contributed by atoms with Gasteiger partial charge >= 0.3 is 17.8 Å². The second-order valence-corrected chi connectivity index (χ2v) is 5.73. The smallest absolute Gasteiger partial charge is 0.422 e. The summed E-state index contributed by atoms with van der Waals surface area (Å²) in [7, 11) is 0. The predicted molar refractivity (Wildman–Crippen MR) is 79.2 cm³/mol. The molecule has 140 valence electrons. The molecule has 1 aromatic carbocycles. The lowest BCUT2D eigenvalue weighted by molar-refractivity contribution is -0.153. The summed E-state index contributed by atoms with van der Waals surface area (Å²) in [6.07, 6.45) is -2.65. The van der Waals surface area contributed by atoms with Gasteiger partial charge in [-0.05, 0) is 18.9 Å². The van der Waals surface area contributed by atoms with Gasteiger partial charge in [0.05, 0.1) is 0 Å². The van der Waals surface area contributed by atoms with Crippen molar-refractivity contribution in [3.05, 3.63) is 39.8 Å². The van der Waals surface area contributed by atoms with Crippen molar-refractivity contribution < 1.29 is 32.2 Å². The number of nitrogens with zero attached hydrogens (tertiary/aromatic N) is 3. The van der Waals surface area contributed by atoms with E-state index in [1.165, 1.54) is 4.57 Å². The van der Waals surface area contributed by atoms with Crippen LogP contribution in [0.2, 0.25) is 0 Å². The Labute approximate surface area is 143 Å². The lowest BCUT2D eigenvalue weighted by Gasteiger charge is -2.13. The number of carboxylic acid groups (broad SMARTS) is 1. The Hall–Kier alpha value is -2.85. The number of carbonyl (C=O) groups is 1. The molecule has 26 heavy (non-hydrogen) atoms. The third kappa shape index (κ3) is 3.41. The normalized spacial score (nSPS) is 14.2. The number of aromatic nitrogens is 3. The van der Waals surface area contributed by atoms with Crippen LogP contribution in [0.1, 0.15) is 29.0 Å². The Morgan fingerprint density at radius 2 is 2.04 bits per heavy atom. The Morgan fingerprint density at radius 3 is 2.65 bits per heavy atom. The van der Waals surface area contributed by atoms with Gasteiger partial charge in [-0.25, -0.2) is 14.0 Å². The number of hydrogen-bond donors (Lipinski definition) is 1. The van der Waals surface area contributed by atoms with Gasteiger partial charge in [0.1, 0.15) is 28.6 Å².